The smallest absolute Gasteiger partial charge is 0.0498 e. The summed E-state index contributed by atoms with van der Waals surface area (Å²) in [6.45, 7) is 0.699. The standard InChI is InChI=1S/C14H15ClN2OS/c1-19(18)10-12-7-13(4-5-14(12)15)17-9-11-3-2-6-16-8-11/h2-8,17H,9-10H2,1H3/t19-/m1/s1. The van der Waals surface area contributed by atoms with Gasteiger partial charge in [0.25, 0.3) is 0 Å². The van der Waals surface area contributed by atoms with Crippen LogP contribution in [-0.4, -0.2) is 15.4 Å². The molecule has 2 rings (SSSR count). The van der Waals surface area contributed by atoms with Gasteiger partial charge in [-0.1, -0.05) is 17.7 Å². The third-order valence-corrected chi connectivity index (χ3v) is 3.71. The Morgan fingerprint density at radius 1 is 1.37 bits per heavy atom. The maximum absolute atomic E-state index is 11.3. The average Bonchev–Trinajstić information content (AvgIpc) is 2.40. The average molecular weight is 295 g/mol. The molecule has 3 nitrogen and oxygen atoms in total. The Kier molecular flexibility index (Phi) is 4.93. The number of nitrogens with one attached hydrogen (secondary N) is 1. The molecule has 1 heterocycles. The molecule has 2 aromatic rings. The Morgan fingerprint density at radius 2 is 2.21 bits per heavy atom. The Hall–Kier alpha value is -1.39. The number of aromatic nitrogens is 1. The van der Waals surface area contributed by atoms with Crippen LogP contribution in [0.25, 0.3) is 0 Å². The Balaban J connectivity index is 2.06. The van der Waals surface area contributed by atoms with Crippen molar-refractivity contribution in [1.29, 1.82) is 0 Å². The summed E-state index contributed by atoms with van der Waals surface area (Å²) in [7, 11) is -0.897. The van der Waals surface area contributed by atoms with Crippen molar-refractivity contribution < 1.29 is 4.21 Å². The molecule has 1 atom stereocenters. The van der Waals surface area contributed by atoms with Gasteiger partial charge in [-0.3, -0.25) is 9.19 Å². The molecular weight excluding hydrogens is 280 g/mol. The maximum atomic E-state index is 11.3. The van der Waals surface area contributed by atoms with Crippen molar-refractivity contribution in [2.45, 2.75) is 12.3 Å². The molecule has 100 valence electrons. The number of benzene rings is 1. The van der Waals surface area contributed by atoms with Crippen LogP contribution >= 0.6 is 11.6 Å². The van der Waals surface area contributed by atoms with E-state index in [1.54, 1.807) is 12.5 Å². The fourth-order valence-corrected chi connectivity index (χ4v) is 2.66. The molecule has 19 heavy (non-hydrogen) atoms. The second-order valence-electron chi connectivity index (χ2n) is 4.24. The van der Waals surface area contributed by atoms with Gasteiger partial charge in [0.1, 0.15) is 0 Å². The summed E-state index contributed by atoms with van der Waals surface area (Å²) in [4.78, 5) is 4.07. The molecule has 0 saturated heterocycles. The van der Waals surface area contributed by atoms with Crippen molar-refractivity contribution in [1.82, 2.24) is 4.98 Å². The van der Waals surface area contributed by atoms with Gasteiger partial charge in [0.15, 0.2) is 0 Å². The minimum atomic E-state index is -0.897. The van der Waals surface area contributed by atoms with Crippen molar-refractivity contribution >= 4 is 28.1 Å². The summed E-state index contributed by atoms with van der Waals surface area (Å²) in [5, 5.41) is 3.96. The highest BCUT2D eigenvalue weighted by atomic mass is 35.5. The molecule has 0 saturated carbocycles. The molecule has 1 aromatic carbocycles. The first-order valence-electron chi connectivity index (χ1n) is 5.86. The summed E-state index contributed by atoms with van der Waals surface area (Å²) in [6.07, 6.45) is 5.25. The van der Waals surface area contributed by atoms with Crippen LogP contribution in [0, 0.1) is 0 Å². The topological polar surface area (TPSA) is 42.0 Å². The molecule has 1 aromatic heterocycles. The lowest BCUT2D eigenvalue weighted by molar-refractivity contribution is 0.686. The van der Waals surface area contributed by atoms with Crippen molar-refractivity contribution in [3.05, 3.63) is 58.9 Å². The highest BCUT2D eigenvalue weighted by Gasteiger charge is 2.04. The number of pyridine rings is 1. The van der Waals surface area contributed by atoms with Gasteiger partial charge in [-0.2, -0.15) is 0 Å². The Bertz CT molecular complexity index is 575. The van der Waals surface area contributed by atoms with E-state index in [0.717, 1.165) is 16.8 Å². The number of hydrogen-bond donors (Lipinski definition) is 1. The summed E-state index contributed by atoms with van der Waals surface area (Å²) >= 11 is 6.09. The zero-order valence-electron chi connectivity index (χ0n) is 10.6. The summed E-state index contributed by atoms with van der Waals surface area (Å²) in [5.41, 5.74) is 2.98. The van der Waals surface area contributed by atoms with Gasteiger partial charge in [0, 0.05) is 52.5 Å². The first-order valence-corrected chi connectivity index (χ1v) is 7.97. The fourth-order valence-electron chi connectivity index (χ4n) is 1.72. The lowest BCUT2D eigenvalue weighted by Crippen LogP contribution is -2.01. The van der Waals surface area contributed by atoms with Crippen LogP contribution in [0.15, 0.2) is 42.7 Å². The molecule has 1 N–H and O–H groups in total. The molecule has 0 aliphatic carbocycles. The Labute approximate surface area is 120 Å². The lowest BCUT2D eigenvalue weighted by Gasteiger charge is -2.09. The molecule has 0 unspecified atom stereocenters. The van der Waals surface area contributed by atoms with E-state index in [1.165, 1.54) is 0 Å². The second kappa shape index (κ2) is 6.68. The van der Waals surface area contributed by atoms with Gasteiger partial charge in [-0.05, 0) is 35.4 Å². The first-order chi connectivity index (χ1) is 9.15. The number of nitrogens with zero attached hydrogens (tertiary/aromatic N) is 1. The van der Waals surface area contributed by atoms with Gasteiger partial charge in [-0.25, -0.2) is 0 Å². The van der Waals surface area contributed by atoms with Crippen LogP contribution in [0.2, 0.25) is 5.02 Å². The van der Waals surface area contributed by atoms with Gasteiger partial charge in [0.2, 0.25) is 0 Å². The van der Waals surface area contributed by atoms with E-state index >= 15 is 0 Å². The molecule has 0 bridgehead atoms. The molecule has 0 spiro atoms. The highest BCUT2D eigenvalue weighted by Crippen LogP contribution is 2.22. The minimum absolute atomic E-state index is 0.473. The van der Waals surface area contributed by atoms with Crippen molar-refractivity contribution in [2.75, 3.05) is 11.6 Å². The van der Waals surface area contributed by atoms with Crippen LogP contribution in [-0.2, 0) is 23.1 Å². The van der Waals surface area contributed by atoms with E-state index in [0.29, 0.717) is 17.3 Å². The first kappa shape index (κ1) is 14.0. The SMILES string of the molecule is C[S@@](=O)Cc1cc(NCc2cccnc2)ccc1Cl. The van der Waals surface area contributed by atoms with Crippen molar-refractivity contribution in [2.24, 2.45) is 0 Å². The van der Waals surface area contributed by atoms with Gasteiger partial charge >= 0.3 is 0 Å². The predicted octanol–water partition coefficient (Wildman–Crippen LogP) is 3.23. The zero-order chi connectivity index (χ0) is 13.7. The van der Waals surface area contributed by atoms with Gasteiger partial charge < -0.3 is 5.32 Å². The zero-order valence-corrected chi connectivity index (χ0v) is 12.2. The monoisotopic (exact) mass is 294 g/mol. The van der Waals surface area contributed by atoms with Gasteiger partial charge in [0.05, 0.1) is 0 Å². The van der Waals surface area contributed by atoms with E-state index in [-0.39, 0.29) is 0 Å². The van der Waals surface area contributed by atoms with Crippen LogP contribution in [0.3, 0.4) is 0 Å². The van der Waals surface area contributed by atoms with Crippen molar-refractivity contribution in [3.63, 3.8) is 0 Å². The quantitative estimate of drug-likeness (QED) is 0.920. The molecule has 0 aliphatic rings. The highest BCUT2D eigenvalue weighted by molar-refractivity contribution is 7.83. The predicted molar refractivity (Wildman–Crippen MR) is 80.8 cm³/mol. The summed E-state index contributed by atoms with van der Waals surface area (Å²) in [5.74, 6) is 0.473. The van der Waals surface area contributed by atoms with E-state index in [4.69, 9.17) is 11.6 Å². The molecule has 0 aliphatic heterocycles. The largest absolute Gasteiger partial charge is 0.381 e. The number of anilines is 1. The van der Waals surface area contributed by atoms with Crippen LogP contribution in [0.1, 0.15) is 11.1 Å². The van der Waals surface area contributed by atoms with E-state index in [2.05, 4.69) is 10.3 Å². The Morgan fingerprint density at radius 3 is 2.89 bits per heavy atom. The summed E-state index contributed by atoms with van der Waals surface area (Å²) < 4.78 is 11.3. The lowest BCUT2D eigenvalue weighted by atomic mass is 10.2. The van der Waals surface area contributed by atoms with E-state index < -0.39 is 10.8 Å². The fraction of sp³-hybridized carbons (Fsp3) is 0.214. The molecule has 5 heteroatoms. The van der Waals surface area contributed by atoms with Gasteiger partial charge in [-0.15, -0.1) is 0 Å². The molecular formula is C14H15ClN2OS. The second-order valence-corrected chi connectivity index (χ2v) is 6.08. The van der Waals surface area contributed by atoms with Crippen LogP contribution in [0.5, 0.6) is 0 Å². The molecule has 0 amide bonds. The number of halogens is 1. The third-order valence-electron chi connectivity index (χ3n) is 2.62. The third kappa shape index (κ3) is 4.33. The van der Waals surface area contributed by atoms with Crippen molar-refractivity contribution in [3.8, 4) is 0 Å². The van der Waals surface area contributed by atoms with Crippen LogP contribution < -0.4 is 5.32 Å². The summed E-state index contributed by atoms with van der Waals surface area (Å²) in [6, 6.07) is 9.61. The maximum Gasteiger partial charge on any atom is 0.0498 e. The number of hydrogen-bond acceptors (Lipinski definition) is 3. The van der Waals surface area contributed by atoms with E-state index in [1.807, 2.05) is 36.5 Å². The molecule has 0 radical (unpaired) electrons. The van der Waals surface area contributed by atoms with Crippen LogP contribution in [0.4, 0.5) is 5.69 Å². The van der Waals surface area contributed by atoms with E-state index in [9.17, 15) is 4.21 Å². The minimum Gasteiger partial charge on any atom is -0.381 e. The normalized spacial score (nSPS) is 12.1. The number of rotatable bonds is 5. The molecule has 0 fully saturated rings.